The molecule has 1 heterocycles. The molecular weight excluding hydrogens is 276 g/mol. The van der Waals surface area contributed by atoms with E-state index in [2.05, 4.69) is 6.58 Å². The zero-order valence-corrected chi connectivity index (χ0v) is 12.0. The molecule has 1 aromatic rings. The molecule has 2 amide bonds. The van der Waals surface area contributed by atoms with Gasteiger partial charge in [-0.1, -0.05) is 6.08 Å². The van der Waals surface area contributed by atoms with E-state index in [-0.39, 0.29) is 25.2 Å². The highest BCUT2D eigenvalue weighted by atomic mass is 32.1. The number of carbonyl (C=O) groups is 2. The zero-order chi connectivity index (χ0) is 14.5. The molecule has 0 aromatic carbocycles. The molecular formula is C14H18N2O3S. The summed E-state index contributed by atoms with van der Waals surface area (Å²) in [6, 6.07) is 2.01. The van der Waals surface area contributed by atoms with Crippen molar-refractivity contribution >= 4 is 23.3 Å². The molecule has 0 spiro atoms. The maximum Gasteiger partial charge on any atom is 0.323 e. The molecule has 20 heavy (non-hydrogen) atoms. The number of carboxylic acids is 1. The maximum atomic E-state index is 12.5. The van der Waals surface area contributed by atoms with Crippen LogP contribution in [0, 0.1) is 0 Å². The lowest BCUT2D eigenvalue weighted by Gasteiger charge is -2.29. The lowest BCUT2D eigenvalue weighted by atomic mass is 10.3. The Morgan fingerprint density at radius 1 is 1.50 bits per heavy atom. The second kappa shape index (κ2) is 6.56. The van der Waals surface area contributed by atoms with E-state index in [1.54, 1.807) is 22.3 Å². The second-order valence-electron chi connectivity index (χ2n) is 4.84. The van der Waals surface area contributed by atoms with Crippen LogP contribution in [-0.4, -0.2) is 46.0 Å². The first kappa shape index (κ1) is 14.6. The number of aliphatic carboxylic acids is 1. The molecule has 0 bridgehead atoms. The van der Waals surface area contributed by atoms with Gasteiger partial charge < -0.3 is 14.9 Å². The summed E-state index contributed by atoms with van der Waals surface area (Å²) in [5.74, 6) is -1.01. The lowest BCUT2D eigenvalue weighted by Crippen LogP contribution is -2.46. The van der Waals surface area contributed by atoms with Gasteiger partial charge in [0.2, 0.25) is 0 Å². The number of rotatable bonds is 7. The van der Waals surface area contributed by atoms with Crippen LogP contribution in [0.4, 0.5) is 4.79 Å². The predicted octanol–water partition coefficient (Wildman–Crippen LogP) is 2.41. The van der Waals surface area contributed by atoms with Crippen molar-refractivity contribution in [1.29, 1.82) is 0 Å². The molecule has 0 radical (unpaired) electrons. The summed E-state index contributed by atoms with van der Waals surface area (Å²) in [6.45, 7) is 4.08. The third kappa shape index (κ3) is 3.84. The highest BCUT2D eigenvalue weighted by Crippen LogP contribution is 2.29. The maximum absolute atomic E-state index is 12.5. The number of carboxylic acid groups (broad SMARTS) is 1. The Bertz CT molecular complexity index is 483. The highest BCUT2D eigenvalue weighted by Gasteiger charge is 2.35. The summed E-state index contributed by atoms with van der Waals surface area (Å²) in [5, 5.41) is 12.9. The average molecular weight is 294 g/mol. The van der Waals surface area contributed by atoms with Crippen molar-refractivity contribution in [3.63, 3.8) is 0 Å². The lowest BCUT2D eigenvalue weighted by molar-refractivity contribution is -0.137. The molecule has 108 valence electrons. The van der Waals surface area contributed by atoms with Crippen LogP contribution in [0.5, 0.6) is 0 Å². The van der Waals surface area contributed by atoms with Gasteiger partial charge >= 0.3 is 12.0 Å². The molecule has 5 nitrogen and oxygen atoms in total. The van der Waals surface area contributed by atoms with Crippen LogP contribution in [-0.2, 0) is 11.3 Å². The van der Waals surface area contributed by atoms with Gasteiger partial charge in [0.1, 0.15) is 6.54 Å². The molecule has 1 aromatic heterocycles. The van der Waals surface area contributed by atoms with Crippen molar-refractivity contribution in [3.05, 3.63) is 35.0 Å². The fourth-order valence-corrected chi connectivity index (χ4v) is 2.69. The van der Waals surface area contributed by atoms with E-state index >= 15 is 0 Å². The van der Waals surface area contributed by atoms with Gasteiger partial charge in [0.05, 0.1) is 0 Å². The van der Waals surface area contributed by atoms with Crippen LogP contribution in [0.25, 0.3) is 0 Å². The summed E-state index contributed by atoms with van der Waals surface area (Å²) >= 11 is 1.59. The van der Waals surface area contributed by atoms with Crippen LogP contribution in [0.3, 0.4) is 0 Å². The van der Waals surface area contributed by atoms with Gasteiger partial charge in [0, 0.05) is 19.1 Å². The van der Waals surface area contributed by atoms with Crippen LogP contribution in [0.15, 0.2) is 29.5 Å². The minimum atomic E-state index is -1.01. The molecule has 1 aliphatic carbocycles. The van der Waals surface area contributed by atoms with Gasteiger partial charge in [0.25, 0.3) is 0 Å². The van der Waals surface area contributed by atoms with Gasteiger partial charge in [-0.2, -0.15) is 11.3 Å². The first-order valence-electron chi connectivity index (χ1n) is 6.51. The summed E-state index contributed by atoms with van der Waals surface area (Å²) in [4.78, 5) is 26.5. The highest BCUT2D eigenvalue weighted by molar-refractivity contribution is 7.07. The summed E-state index contributed by atoms with van der Waals surface area (Å²) in [5.41, 5.74) is 1.09. The van der Waals surface area contributed by atoms with Gasteiger partial charge in [-0.15, -0.1) is 6.58 Å². The Morgan fingerprint density at radius 3 is 2.75 bits per heavy atom. The van der Waals surface area contributed by atoms with Crippen molar-refractivity contribution in [3.8, 4) is 0 Å². The SMILES string of the molecule is C=CCN(CC(=O)O)C(=O)N(Cc1ccsc1)C1CC1. The number of hydrogen-bond donors (Lipinski definition) is 1. The number of carbonyl (C=O) groups excluding carboxylic acids is 1. The van der Waals surface area contributed by atoms with E-state index in [4.69, 9.17) is 5.11 Å². The minimum Gasteiger partial charge on any atom is -0.480 e. The van der Waals surface area contributed by atoms with E-state index in [1.807, 2.05) is 16.8 Å². The largest absolute Gasteiger partial charge is 0.480 e. The molecule has 1 N–H and O–H groups in total. The summed E-state index contributed by atoms with van der Waals surface area (Å²) < 4.78 is 0. The summed E-state index contributed by atoms with van der Waals surface area (Å²) in [6.07, 6.45) is 3.53. The molecule has 1 aliphatic rings. The number of amides is 2. The fraction of sp³-hybridized carbons (Fsp3) is 0.429. The Hall–Kier alpha value is -1.82. The molecule has 6 heteroatoms. The van der Waals surface area contributed by atoms with E-state index < -0.39 is 5.97 Å². The normalized spacial score (nSPS) is 13.8. The van der Waals surface area contributed by atoms with Crippen molar-refractivity contribution in [2.45, 2.75) is 25.4 Å². The first-order chi connectivity index (χ1) is 9.61. The standard InChI is InChI=1S/C14H18N2O3S/c1-2-6-15(9-13(17)18)14(19)16(12-3-4-12)8-11-5-7-20-10-11/h2,5,7,10,12H,1,3-4,6,8-9H2,(H,17,18). The number of nitrogens with zero attached hydrogens (tertiary/aromatic N) is 2. The molecule has 0 atom stereocenters. The predicted molar refractivity (Wildman–Crippen MR) is 77.7 cm³/mol. The number of thiophene rings is 1. The van der Waals surface area contributed by atoms with Crippen LogP contribution in [0.2, 0.25) is 0 Å². The topological polar surface area (TPSA) is 60.9 Å². The molecule has 1 fully saturated rings. The Labute approximate surface area is 122 Å². The van der Waals surface area contributed by atoms with Crippen molar-refractivity contribution in [1.82, 2.24) is 9.80 Å². The van der Waals surface area contributed by atoms with Gasteiger partial charge in [-0.25, -0.2) is 4.79 Å². The molecule has 0 unspecified atom stereocenters. The van der Waals surface area contributed by atoms with E-state index in [1.165, 1.54) is 4.90 Å². The Balaban J connectivity index is 2.07. The smallest absolute Gasteiger partial charge is 0.323 e. The fourth-order valence-electron chi connectivity index (χ4n) is 2.03. The van der Waals surface area contributed by atoms with Crippen molar-refractivity contribution in [2.24, 2.45) is 0 Å². The molecule has 2 rings (SSSR count). The Morgan fingerprint density at radius 2 is 2.25 bits per heavy atom. The van der Waals surface area contributed by atoms with E-state index in [0.29, 0.717) is 6.54 Å². The first-order valence-corrected chi connectivity index (χ1v) is 7.45. The average Bonchev–Trinajstić information content (AvgIpc) is 3.11. The van der Waals surface area contributed by atoms with E-state index in [9.17, 15) is 9.59 Å². The van der Waals surface area contributed by atoms with Crippen LogP contribution in [0.1, 0.15) is 18.4 Å². The van der Waals surface area contributed by atoms with E-state index in [0.717, 1.165) is 18.4 Å². The number of urea groups is 1. The third-order valence-electron chi connectivity index (χ3n) is 3.11. The second-order valence-corrected chi connectivity index (χ2v) is 5.62. The zero-order valence-electron chi connectivity index (χ0n) is 11.2. The monoisotopic (exact) mass is 294 g/mol. The minimum absolute atomic E-state index is 0.221. The van der Waals surface area contributed by atoms with Crippen LogP contribution < -0.4 is 0 Å². The van der Waals surface area contributed by atoms with Gasteiger partial charge in [-0.3, -0.25) is 4.79 Å². The Kier molecular flexibility index (Phi) is 4.79. The van der Waals surface area contributed by atoms with Crippen molar-refractivity contribution < 1.29 is 14.7 Å². The molecule has 1 saturated carbocycles. The quantitative estimate of drug-likeness (QED) is 0.786. The summed E-state index contributed by atoms with van der Waals surface area (Å²) in [7, 11) is 0. The van der Waals surface area contributed by atoms with Gasteiger partial charge in [0.15, 0.2) is 0 Å². The van der Waals surface area contributed by atoms with Crippen LogP contribution >= 0.6 is 11.3 Å². The van der Waals surface area contributed by atoms with Crippen molar-refractivity contribution in [2.75, 3.05) is 13.1 Å². The molecule has 0 saturated heterocycles. The molecule has 0 aliphatic heterocycles. The van der Waals surface area contributed by atoms with Gasteiger partial charge in [-0.05, 0) is 35.2 Å². The number of hydrogen-bond acceptors (Lipinski definition) is 3. The third-order valence-corrected chi connectivity index (χ3v) is 3.84.